The average Bonchev–Trinajstić information content (AvgIpc) is 3.40. The summed E-state index contributed by atoms with van der Waals surface area (Å²) in [6.45, 7) is 4.20. The van der Waals surface area contributed by atoms with Crippen LogP contribution in [0.25, 0.3) is 11.6 Å². The number of benzene rings is 1. The van der Waals surface area contributed by atoms with Gasteiger partial charge in [-0.1, -0.05) is 18.2 Å². The number of aromatic nitrogens is 3. The largest absolute Gasteiger partial charge is 0.496 e. The first-order chi connectivity index (χ1) is 13.8. The zero-order valence-corrected chi connectivity index (χ0v) is 16.2. The number of hydrogen-bond donors (Lipinski definition) is 3. The third-order valence-corrected chi connectivity index (χ3v) is 4.12. The van der Waals surface area contributed by atoms with Crippen LogP contribution in [0.15, 0.2) is 52.1 Å². The van der Waals surface area contributed by atoms with E-state index in [1.807, 2.05) is 37.3 Å². The van der Waals surface area contributed by atoms with Gasteiger partial charge in [-0.25, -0.2) is 4.98 Å². The fraction of sp³-hybridized carbons (Fsp3) is 0.350. The third kappa shape index (κ3) is 5.35. The van der Waals surface area contributed by atoms with Gasteiger partial charge in [0.05, 0.1) is 13.4 Å². The smallest absolute Gasteiger partial charge is 0.216 e. The van der Waals surface area contributed by atoms with E-state index in [0.29, 0.717) is 24.6 Å². The summed E-state index contributed by atoms with van der Waals surface area (Å²) in [4.78, 5) is 9.04. The van der Waals surface area contributed by atoms with Gasteiger partial charge in [-0.15, -0.1) is 0 Å². The Labute approximate surface area is 164 Å². The molecule has 0 aliphatic heterocycles. The van der Waals surface area contributed by atoms with Gasteiger partial charge in [-0.3, -0.25) is 10.1 Å². The molecule has 0 spiro atoms. The minimum absolute atomic E-state index is 0.561. The number of aliphatic imine (C=N–C) groups is 1. The molecule has 0 saturated heterocycles. The number of nitrogens with one attached hydrogen (secondary N) is 3. The maximum atomic E-state index is 5.40. The first kappa shape index (κ1) is 19.5. The molecule has 2 aromatic heterocycles. The SMILES string of the molecule is CCNC(=NCCc1nc(-c2ccco2)n[nH]1)NCCc1ccccc1OC. The normalized spacial score (nSPS) is 11.4. The molecule has 8 heteroatoms. The van der Waals surface area contributed by atoms with Gasteiger partial charge in [-0.05, 0) is 37.1 Å². The highest BCUT2D eigenvalue weighted by Crippen LogP contribution is 2.17. The van der Waals surface area contributed by atoms with Crippen LogP contribution in [0.2, 0.25) is 0 Å². The van der Waals surface area contributed by atoms with Crippen molar-refractivity contribution in [2.45, 2.75) is 19.8 Å². The van der Waals surface area contributed by atoms with Crippen molar-refractivity contribution in [2.75, 3.05) is 26.7 Å². The number of methoxy groups -OCH3 is 1. The first-order valence-electron chi connectivity index (χ1n) is 9.39. The van der Waals surface area contributed by atoms with E-state index in [9.17, 15) is 0 Å². The molecular weight excluding hydrogens is 356 g/mol. The molecular formula is C20H26N6O2. The maximum Gasteiger partial charge on any atom is 0.216 e. The second-order valence-electron chi connectivity index (χ2n) is 6.08. The van der Waals surface area contributed by atoms with Gasteiger partial charge >= 0.3 is 0 Å². The van der Waals surface area contributed by atoms with E-state index in [1.165, 1.54) is 5.56 Å². The quantitative estimate of drug-likeness (QED) is 0.388. The fourth-order valence-corrected chi connectivity index (χ4v) is 2.76. The van der Waals surface area contributed by atoms with E-state index >= 15 is 0 Å². The second-order valence-corrected chi connectivity index (χ2v) is 6.08. The Morgan fingerprint density at radius 1 is 1.18 bits per heavy atom. The summed E-state index contributed by atoms with van der Waals surface area (Å²) in [6.07, 6.45) is 3.12. The molecule has 8 nitrogen and oxygen atoms in total. The van der Waals surface area contributed by atoms with Gasteiger partial charge in [0.15, 0.2) is 11.7 Å². The summed E-state index contributed by atoms with van der Waals surface area (Å²) in [6, 6.07) is 11.7. The highest BCUT2D eigenvalue weighted by molar-refractivity contribution is 5.79. The molecule has 0 saturated carbocycles. The lowest BCUT2D eigenvalue weighted by molar-refractivity contribution is 0.409. The summed E-state index contributed by atoms with van der Waals surface area (Å²) in [5.41, 5.74) is 1.17. The number of guanidine groups is 1. The highest BCUT2D eigenvalue weighted by atomic mass is 16.5. The minimum atomic E-state index is 0.561. The molecule has 1 aromatic carbocycles. The van der Waals surface area contributed by atoms with E-state index < -0.39 is 0 Å². The molecule has 0 unspecified atom stereocenters. The number of ether oxygens (including phenoxy) is 1. The van der Waals surface area contributed by atoms with E-state index in [0.717, 1.165) is 37.0 Å². The average molecular weight is 382 g/mol. The molecule has 3 rings (SSSR count). The number of furan rings is 1. The van der Waals surface area contributed by atoms with Crippen LogP contribution in [0.5, 0.6) is 5.75 Å². The zero-order valence-electron chi connectivity index (χ0n) is 16.2. The van der Waals surface area contributed by atoms with Crippen LogP contribution in [0.3, 0.4) is 0 Å². The lowest BCUT2D eigenvalue weighted by Crippen LogP contribution is -2.38. The fourth-order valence-electron chi connectivity index (χ4n) is 2.76. The van der Waals surface area contributed by atoms with Crippen LogP contribution in [-0.4, -0.2) is 47.9 Å². The third-order valence-electron chi connectivity index (χ3n) is 4.12. The van der Waals surface area contributed by atoms with Crippen LogP contribution in [-0.2, 0) is 12.8 Å². The van der Waals surface area contributed by atoms with Gasteiger partial charge < -0.3 is 19.8 Å². The Morgan fingerprint density at radius 3 is 2.86 bits per heavy atom. The van der Waals surface area contributed by atoms with E-state index in [4.69, 9.17) is 9.15 Å². The Kier molecular flexibility index (Phi) is 7.06. The predicted molar refractivity (Wildman–Crippen MR) is 108 cm³/mol. The topological polar surface area (TPSA) is 100 Å². The van der Waals surface area contributed by atoms with Crippen molar-refractivity contribution in [3.05, 3.63) is 54.0 Å². The van der Waals surface area contributed by atoms with Crippen LogP contribution >= 0.6 is 0 Å². The van der Waals surface area contributed by atoms with Crippen LogP contribution < -0.4 is 15.4 Å². The van der Waals surface area contributed by atoms with Crippen LogP contribution in [0, 0.1) is 0 Å². The molecule has 0 atom stereocenters. The number of hydrogen-bond acceptors (Lipinski definition) is 5. The van der Waals surface area contributed by atoms with E-state index in [2.05, 4.69) is 36.9 Å². The van der Waals surface area contributed by atoms with Crippen molar-refractivity contribution >= 4 is 5.96 Å². The second kappa shape index (κ2) is 10.1. The van der Waals surface area contributed by atoms with Crippen molar-refractivity contribution in [3.8, 4) is 17.3 Å². The Bertz CT molecular complexity index is 872. The first-order valence-corrected chi connectivity index (χ1v) is 9.39. The number of H-pyrrole nitrogens is 1. The van der Waals surface area contributed by atoms with E-state index in [1.54, 1.807) is 13.4 Å². The summed E-state index contributed by atoms with van der Waals surface area (Å²) in [7, 11) is 1.69. The highest BCUT2D eigenvalue weighted by Gasteiger charge is 2.08. The summed E-state index contributed by atoms with van der Waals surface area (Å²) < 4.78 is 10.7. The van der Waals surface area contributed by atoms with Crippen LogP contribution in [0.4, 0.5) is 0 Å². The molecule has 28 heavy (non-hydrogen) atoms. The zero-order chi connectivity index (χ0) is 19.6. The van der Waals surface area contributed by atoms with Gasteiger partial charge in [0.1, 0.15) is 11.6 Å². The number of aromatic amines is 1. The Morgan fingerprint density at radius 2 is 2.07 bits per heavy atom. The molecule has 0 amide bonds. The predicted octanol–water partition coefficient (Wildman–Crippen LogP) is 2.41. The van der Waals surface area contributed by atoms with Crippen molar-refractivity contribution in [3.63, 3.8) is 0 Å². The molecule has 2 heterocycles. The monoisotopic (exact) mass is 382 g/mol. The maximum absolute atomic E-state index is 5.40. The summed E-state index contributed by atoms with van der Waals surface area (Å²) in [5, 5.41) is 13.7. The minimum Gasteiger partial charge on any atom is -0.496 e. The van der Waals surface area contributed by atoms with Gasteiger partial charge in [0, 0.05) is 26.1 Å². The van der Waals surface area contributed by atoms with Gasteiger partial charge in [0.25, 0.3) is 0 Å². The molecule has 0 aliphatic rings. The lowest BCUT2D eigenvalue weighted by atomic mass is 10.1. The lowest BCUT2D eigenvalue weighted by Gasteiger charge is -2.12. The van der Waals surface area contributed by atoms with Crippen molar-refractivity contribution in [1.82, 2.24) is 25.8 Å². The molecule has 0 aliphatic carbocycles. The van der Waals surface area contributed by atoms with E-state index in [-0.39, 0.29) is 0 Å². The van der Waals surface area contributed by atoms with Crippen molar-refractivity contribution in [1.29, 1.82) is 0 Å². The molecule has 148 valence electrons. The van der Waals surface area contributed by atoms with Crippen molar-refractivity contribution in [2.24, 2.45) is 4.99 Å². The molecule has 0 radical (unpaired) electrons. The molecule has 3 aromatic rings. The van der Waals surface area contributed by atoms with Gasteiger partial charge in [-0.2, -0.15) is 5.10 Å². The Hall–Kier alpha value is -3.29. The number of nitrogens with zero attached hydrogens (tertiary/aromatic N) is 3. The molecule has 0 bridgehead atoms. The summed E-state index contributed by atoms with van der Waals surface area (Å²) in [5.74, 6) is 3.68. The number of para-hydroxylation sites is 1. The number of rotatable bonds is 9. The summed E-state index contributed by atoms with van der Waals surface area (Å²) >= 11 is 0. The van der Waals surface area contributed by atoms with Crippen molar-refractivity contribution < 1.29 is 9.15 Å². The Balaban J connectivity index is 1.50. The molecule has 0 fully saturated rings. The molecule has 3 N–H and O–H groups in total. The van der Waals surface area contributed by atoms with Crippen LogP contribution in [0.1, 0.15) is 18.3 Å². The standard InChI is InChI=1S/C20H26N6O2/c1-3-21-20(22-12-10-15-7-4-5-8-16(15)27-2)23-13-11-18-24-19(26-25-18)17-9-6-14-28-17/h4-9,14H,3,10-13H2,1-2H3,(H2,21,22,23)(H,24,25,26). The van der Waals surface area contributed by atoms with Gasteiger partial charge in [0.2, 0.25) is 5.82 Å².